The summed E-state index contributed by atoms with van der Waals surface area (Å²) in [6, 6.07) is 4.29. The number of benzene rings is 1. The quantitative estimate of drug-likeness (QED) is 0.834. The molecule has 1 N–H and O–H groups in total. The van der Waals surface area contributed by atoms with Crippen LogP contribution in [-0.2, 0) is 6.42 Å². The van der Waals surface area contributed by atoms with Gasteiger partial charge in [-0.15, -0.1) is 0 Å². The third-order valence-corrected chi connectivity index (χ3v) is 2.33. The molecule has 0 saturated carbocycles. The number of alkyl halides is 3. The Labute approximate surface area is 94.3 Å². The van der Waals surface area contributed by atoms with Gasteiger partial charge in [0.2, 0.25) is 0 Å². The summed E-state index contributed by atoms with van der Waals surface area (Å²) in [5, 5.41) is 0.00965. The van der Waals surface area contributed by atoms with Crippen LogP contribution in [0.1, 0.15) is 11.4 Å². The monoisotopic (exact) mass is 242 g/mol. The van der Waals surface area contributed by atoms with E-state index in [0.29, 0.717) is 5.82 Å². The van der Waals surface area contributed by atoms with Gasteiger partial charge in [-0.3, -0.25) is 4.79 Å². The van der Waals surface area contributed by atoms with Crippen LogP contribution in [0.2, 0.25) is 0 Å². The molecule has 3 nitrogen and oxygen atoms in total. The van der Waals surface area contributed by atoms with E-state index in [1.54, 1.807) is 6.92 Å². The molecule has 2 aromatic rings. The van der Waals surface area contributed by atoms with Gasteiger partial charge in [-0.25, -0.2) is 4.98 Å². The highest BCUT2D eigenvalue weighted by molar-refractivity contribution is 5.81. The van der Waals surface area contributed by atoms with Crippen LogP contribution in [0.15, 0.2) is 23.0 Å². The standard InChI is InChI=1S/C11H9F3N2O/c1-6-15-8-4-2-3-7(5-11(12,13)14)9(8)10(17)16-6/h2-4H,5H2,1H3,(H,15,16,17). The van der Waals surface area contributed by atoms with Crippen LogP contribution in [0, 0.1) is 6.92 Å². The molecule has 0 unspecified atom stereocenters. The van der Waals surface area contributed by atoms with E-state index < -0.39 is 18.2 Å². The summed E-state index contributed by atoms with van der Waals surface area (Å²) < 4.78 is 37.0. The molecule has 0 aliphatic carbocycles. The molecule has 0 bridgehead atoms. The molecule has 2 rings (SSSR count). The molecule has 0 atom stereocenters. The third kappa shape index (κ3) is 2.46. The van der Waals surface area contributed by atoms with E-state index in [4.69, 9.17) is 0 Å². The highest BCUT2D eigenvalue weighted by Crippen LogP contribution is 2.24. The van der Waals surface area contributed by atoms with Gasteiger partial charge in [0.05, 0.1) is 17.3 Å². The molecule has 1 aromatic heterocycles. The Hall–Kier alpha value is -1.85. The smallest absolute Gasteiger partial charge is 0.310 e. The second-order valence-electron chi connectivity index (χ2n) is 3.75. The molecule has 0 saturated heterocycles. The number of halogens is 3. The number of fused-ring (bicyclic) bond motifs is 1. The van der Waals surface area contributed by atoms with Crippen molar-refractivity contribution in [3.8, 4) is 0 Å². The lowest BCUT2D eigenvalue weighted by Gasteiger charge is -2.08. The van der Waals surface area contributed by atoms with Crippen molar-refractivity contribution in [2.24, 2.45) is 0 Å². The third-order valence-electron chi connectivity index (χ3n) is 2.33. The van der Waals surface area contributed by atoms with Crippen molar-refractivity contribution >= 4 is 10.9 Å². The maximum atomic E-state index is 12.3. The first-order valence-corrected chi connectivity index (χ1v) is 4.92. The fraction of sp³-hybridized carbons (Fsp3) is 0.273. The summed E-state index contributed by atoms with van der Waals surface area (Å²) in [5.41, 5.74) is -0.302. The number of H-pyrrole nitrogens is 1. The summed E-state index contributed by atoms with van der Waals surface area (Å²) >= 11 is 0. The largest absolute Gasteiger partial charge is 0.393 e. The summed E-state index contributed by atoms with van der Waals surface area (Å²) in [5.74, 6) is 0.381. The lowest BCUT2D eigenvalue weighted by molar-refractivity contribution is -0.127. The minimum atomic E-state index is -4.34. The van der Waals surface area contributed by atoms with Crippen LogP contribution in [0.3, 0.4) is 0 Å². The minimum Gasteiger partial charge on any atom is -0.310 e. The Bertz CT molecular complexity index is 616. The molecule has 0 spiro atoms. The highest BCUT2D eigenvalue weighted by atomic mass is 19.4. The Morgan fingerprint density at radius 2 is 2.06 bits per heavy atom. The fourth-order valence-electron chi connectivity index (χ4n) is 1.74. The van der Waals surface area contributed by atoms with Gasteiger partial charge < -0.3 is 4.98 Å². The van der Waals surface area contributed by atoms with Gasteiger partial charge in [0.25, 0.3) is 5.56 Å². The Morgan fingerprint density at radius 3 is 2.71 bits per heavy atom. The van der Waals surface area contributed by atoms with Gasteiger partial charge in [0.15, 0.2) is 0 Å². The number of hydrogen-bond acceptors (Lipinski definition) is 2. The molecule has 6 heteroatoms. The van der Waals surface area contributed by atoms with E-state index in [2.05, 4.69) is 9.97 Å². The zero-order chi connectivity index (χ0) is 12.6. The van der Waals surface area contributed by atoms with Crippen LogP contribution >= 0.6 is 0 Å². The molecule has 0 fully saturated rings. The van der Waals surface area contributed by atoms with Crippen LogP contribution < -0.4 is 5.56 Å². The van der Waals surface area contributed by atoms with Crippen molar-refractivity contribution in [1.82, 2.24) is 9.97 Å². The Kier molecular flexibility index (Phi) is 2.65. The molecule has 17 heavy (non-hydrogen) atoms. The number of nitrogens with one attached hydrogen (secondary N) is 1. The average Bonchev–Trinajstić information content (AvgIpc) is 2.13. The number of nitrogens with zero attached hydrogens (tertiary/aromatic N) is 1. The first kappa shape index (κ1) is 11.6. The molecule has 0 radical (unpaired) electrons. The van der Waals surface area contributed by atoms with E-state index in [1.165, 1.54) is 18.2 Å². The lowest BCUT2D eigenvalue weighted by atomic mass is 10.1. The van der Waals surface area contributed by atoms with E-state index >= 15 is 0 Å². The van der Waals surface area contributed by atoms with E-state index in [-0.39, 0.29) is 16.5 Å². The van der Waals surface area contributed by atoms with E-state index in [1.807, 2.05) is 0 Å². The minimum absolute atomic E-state index is 0.00965. The maximum absolute atomic E-state index is 12.3. The van der Waals surface area contributed by atoms with Gasteiger partial charge >= 0.3 is 6.18 Å². The maximum Gasteiger partial charge on any atom is 0.393 e. The van der Waals surface area contributed by atoms with Gasteiger partial charge in [0.1, 0.15) is 5.82 Å². The summed E-state index contributed by atoms with van der Waals surface area (Å²) in [4.78, 5) is 18.1. The lowest BCUT2D eigenvalue weighted by Crippen LogP contribution is -2.16. The SMILES string of the molecule is Cc1nc2cccc(CC(F)(F)F)c2c(=O)[nH]1. The molecular weight excluding hydrogens is 233 g/mol. The summed E-state index contributed by atoms with van der Waals surface area (Å²) in [6.45, 7) is 1.58. The predicted molar refractivity (Wildman–Crippen MR) is 56.9 cm³/mol. The second-order valence-corrected chi connectivity index (χ2v) is 3.75. The number of hydrogen-bond donors (Lipinski definition) is 1. The van der Waals surface area contributed by atoms with Gasteiger partial charge in [0, 0.05) is 0 Å². The van der Waals surface area contributed by atoms with Crippen LogP contribution in [0.25, 0.3) is 10.9 Å². The molecule has 90 valence electrons. The first-order valence-electron chi connectivity index (χ1n) is 4.92. The molecule has 0 aliphatic rings. The molecule has 1 aromatic carbocycles. The van der Waals surface area contributed by atoms with Crippen LogP contribution in [0.4, 0.5) is 13.2 Å². The van der Waals surface area contributed by atoms with Crippen molar-refractivity contribution in [1.29, 1.82) is 0 Å². The van der Waals surface area contributed by atoms with E-state index in [0.717, 1.165) is 0 Å². The number of rotatable bonds is 1. The average molecular weight is 242 g/mol. The highest BCUT2D eigenvalue weighted by Gasteiger charge is 2.29. The molecular formula is C11H9F3N2O. The van der Waals surface area contributed by atoms with Crippen molar-refractivity contribution in [2.45, 2.75) is 19.5 Å². The summed E-state index contributed by atoms with van der Waals surface area (Å²) in [7, 11) is 0. The zero-order valence-electron chi connectivity index (χ0n) is 8.93. The molecule has 1 heterocycles. The molecule has 0 aliphatic heterocycles. The van der Waals surface area contributed by atoms with Crippen molar-refractivity contribution in [2.75, 3.05) is 0 Å². The Morgan fingerprint density at radius 1 is 1.35 bits per heavy atom. The number of aryl methyl sites for hydroxylation is 1. The second kappa shape index (κ2) is 3.87. The van der Waals surface area contributed by atoms with Crippen LogP contribution in [0.5, 0.6) is 0 Å². The first-order chi connectivity index (χ1) is 7.87. The van der Waals surface area contributed by atoms with Crippen molar-refractivity contribution < 1.29 is 13.2 Å². The van der Waals surface area contributed by atoms with Crippen molar-refractivity contribution in [3.63, 3.8) is 0 Å². The number of aromatic nitrogens is 2. The molecule has 0 amide bonds. The van der Waals surface area contributed by atoms with Crippen molar-refractivity contribution in [3.05, 3.63) is 39.9 Å². The topological polar surface area (TPSA) is 45.8 Å². The number of aromatic amines is 1. The van der Waals surface area contributed by atoms with Crippen LogP contribution in [-0.4, -0.2) is 16.1 Å². The van der Waals surface area contributed by atoms with Gasteiger partial charge in [-0.1, -0.05) is 12.1 Å². The summed E-state index contributed by atoms with van der Waals surface area (Å²) in [6.07, 6.45) is -5.47. The van der Waals surface area contributed by atoms with E-state index in [9.17, 15) is 18.0 Å². The predicted octanol–water partition coefficient (Wildman–Crippen LogP) is 2.34. The normalized spacial score (nSPS) is 12.0. The van der Waals surface area contributed by atoms with Gasteiger partial charge in [-0.2, -0.15) is 13.2 Å². The zero-order valence-corrected chi connectivity index (χ0v) is 8.93. The fourth-order valence-corrected chi connectivity index (χ4v) is 1.74. The Balaban J connectivity index is 2.69. The van der Waals surface area contributed by atoms with Gasteiger partial charge in [-0.05, 0) is 18.6 Å².